The van der Waals surface area contributed by atoms with Crippen LogP contribution in [0.15, 0.2) is 18.2 Å². The summed E-state index contributed by atoms with van der Waals surface area (Å²) in [6, 6.07) is 6.64. The first-order valence-corrected chi connectivity index (χ1v) is 8.40. The van der Waals surface area contributed by atoms with Crippen molar-refractivity contribution < 1.29 is 4.74 Å². The fraction of sp³-hybridized carbons (Fsp3) is 0.684. The number of ether oxygens (including phenoxy) is 1. The van der Waals surface area contributed by atoms with Gasteiger partial charge in [-0.1, -0.05) is 31.5 Å². The number of nitrogens with two attached hydrogens (primary N) is 1. The van der Waals surface area contributed by atoms with Crippen LogP contribution in [-0.2, 0) is 6.42 Å². The molecule has 21 heavy (non-hydrogen) atoms. The van der Waals surface area contributed by atoms with E-state index in [-0.39, 0.29) is 6.04 Å². The van der Waals surface area contributed by atoms with Crippen LogP contribution in [0.2, 0.25) is 0 Å². The Kier molecular flexibility index (Phi) is 5.69. The number of methoxy groups -OCH3 is 1. The fourth-order valence-corrected chi connectivity index (χ4v) is 3.73. The van der Waals surface area contributed by atoms with Crippen LogP contribution >= 0.6 is 0 Å². The molecule has 1 aliphatic rings. The zero-order valence-electron chi connectivity index (χ0n) is 14.1. The van der Waals surface area contributed by atoms with Crippen molar-refractivity contribution >= 4 is 0 Å². The third-order valence-corrected chi connectivity index (χ3v) is 5.26. The molecule has 1 unspecified atom stereocenters. The Hall–Kier alpha value is -1.02. The quantitative estimate of drug-likeness (QED) is 0.875. The van der Waals surface area contributed by atoms with E-state index in [0.29, 0.717) is 5.92 Å². The molecule has 1 fully saturated rings. The third kappa shape index (κ3) is 4.23. The fourth-order valence-electron chi connectivity index (χ4n) is 3.73. The molecular weight excluding hydrogens is 258 g/mol. The normalized spacial score (nSPS) is 24.1. The number of rotatable bonds is 5. The Bertz CT molecular complexity index is 447. The Balaban J connectivity index is 1.96. The van der Waals surface area contributed by atoms with E-state index in [1.165, 1.54) is 36.8 Å². The van der Waals surface area contributed by atoms with Gasteiger partial charge in [0.05, 0.1) is 7.11 Å². The van der Waals surface area contributed by atoms with Gasteiger partial charge >= 0.3 is 0 Å². The van der Waals surface area contributed by atoms with Crippen molar-refractivity contribution in [2.24, 2.45) is 23.5 Å². The first-order valence-electron chi connectivity index (χ1n) is 8.40. The Morgan fingerprint density at radius 2 is 1.76 bits per heavy atom. The van der Waals surface area contributed by atoms with Gasteiger partial charge in [-0.25, -0.2) is 0 Å². The van der Waals surface area contributed by atoms with Gasteiger partial charge in [0.1, 0.15) is 5.75 Å². The van der Waals surface area contributed by atoms with E-state index in [9.17, 15) is 0 Å². The molecule has 1 aliphatic carbocycles. The zero-order valence-corrected chi connectivity index (χ0v) is 14.1. The topological polar surface area (TPSA) is 35.2 Å². The average molecular weight is 289 g/mol. The lowest BCUT2D eigenvalue weighted by Crippen LogP contribution is -2.35. The van der Waals surface area contributed by atoms with Crippen molar-refractivity contribution in [1.29, 1.82) is 0 Å². The van der Waals surface area contributed by atoms with E-state index < -0.39 is 0 Å². The van der Waals surface area contributed by atoms with Crippen LogP contribution in [0, 0.1) is 24.7 Å². The van der Waals surface area contributed by atoms with Crippen molar-refractivity contribution in [2.75, 3.05) is 7.11 Å². The molecule has 1 aromatic rings. The van der Waals surface area contributed by atoms with Crippen LogP contribution in [0.5, 0.6) is 5.75 Å². The van der Waals surface area contributed by atoms with Gasteiger partial charge in [-0.3, -0.25) is 0 Å². The van der Waals surface area contributed by atoms with Crippen molar-refractivity contribution in [3.8, 4) is 5.75 Å². The van der Waals surface area contributed by atoms with Crippen LogP contribution in [0.3, 0.4) is 0 Å². The summed E-state index contributed by atoms with van der Waals surface area (Å²) < 4.78 is 5.48. The molecule has 2 heteroatoms. The summed E-state index contributed by atoms with van der Waals surface area (Å²) in [5, 5.41) is 0. The van der Waals surface area contributed by atoms with E-state index >= 15 is 0 Å². The maximum atomic E-state index is 6.52. The highest BCUT2D eigenvalue weighted by Gasteiger charge is 2.27. The number of benzene rings is 1. The van der Waals surface area contributed by atoms with Gasteiger partial charge in [-0.2, -0.15) is 0 Å². The lowest BCUT2D eigenvalue weighted by molar-refractivity contribution is 0.202. The van der Waals surface area contributed by atoms with Crippen LogP contribution in [0.25, 0.3) is 0 Å². The van der Waals surface area contributed by atoms with Crippen LogP contribution in [-0.4, -0.2) is 13.2 Å². The van der Waals surface area contributed by atoms with Gasteiger partial charge in [-0.15, -0.1) is 0 Å². The predicted octanol–water partition coefficient (Wildman–Crippen LogP) is 4.34. The average Bonchev–Trinajstić information content (AvgIpc) is 2.47. The van der Waals surface area contributed by atoms with Crippen molar-refractivity contribution in [3.63, 3.8) is 0 Å². The number of hydrogen-bond donors (Lipinski definition) is 1. The highest BCUT2D eigenvalue weighted by Crippen LogP contribution is 2.35. The molecule has 0 aromatic heterocycles. The largest absolute Gasteiger partial charge is 0.496 e. The number of hydrogen-bond acceptors (Lipinski definition) is 2. The smallest absolute Gasteiger partial charge is 0.122 e. The van der Waals surface area contributed by atoms with Gasteiger partial charge in [0.2, 0.25) is 0 Å². The maximum Gasteiger partial charge on any atom is 0.122 e. The van der Waals surface area contributed by atoms with E-state index in [4.69, 9.17) is 10.5 Å². The number of aryl methyl sites for hydroxylation is 1. The van der Waals surface area contributed by atoms with Crippen molar-refractivity contribution in [3.05, 3.63) is 29.3 Å². The molecule has 0 spiro atoms. The summed E-state index contributed by atoms with van der Waals surface area (Å²) in [5.41, 5.74) is 9.06. The highest BCUT2D eigenvalue weighted by atomic mass is 16.5. The molecule has 2 N–H and O–H groups in total. The monoisotopic (exact) mass is 289 g/mol. The molecule has 1 aromatic carbocycles. The highest BCUT2D eigenvalue weighted by molar-refractivity contribution is 5.37. The summed E-state index contributed by atoms with van der Waals surface area (Å²) in [6.45, 7) is 6.83. The van der Waals surface area contributed by atoms with Gasteiger partial charge < -0.3 is 10.5 Å². The van der Waals surface area contributed by atoms with Crippen LogP contribution < -0.4 is 10.5 Å². The molecule has 0 radical (unpaired) electrons. The van der Waals surface area contributed by atoms with Crippen molar-refractivity contribution in [1.82, 2.24) is 0 Å². The molecule has 0 bridgehead atoms. The van der Waals surface area contributed by atoms with Gasteiger partial charge in [0, 0.05) is 6.04 Å². The van der Waals surface area contributed by atoms with Gasteiger partial charge in [0.15, 0.2) is 0 Å². The van der Waals surface area contributed by atoms with Crippen LogP contribution in [0.4, 0.5) is 0 Å². The van der Waals surface area contributed by atoms with Crippen molar-refractivity contribution in [2.45, 2.75) is 58.9 Å². The lowest BCUT2D eigenvalue weighted by Gasteiger charge is -2.34. The Morgan fingerprint density at radius 3 is 2.33 bits per heavy atom. The second-order valence-corrected chi connectivity index (χ2v) is 7.10. The van der Waals surface area contributed by atoms with Gasteiger partial charge in [-0.05, 0) is 68.4 Å². The summed E-state index contributed by atoms with van der Waals surface area (Å²) in [4.78, 5) is 0. The second-order valence-electron chi connectivity index (χ2n) is 7.10. The molecule has 0 amide bonds. The minimum Gasteiger partial charge on any atom is -0.496 e. The molecule has 2 rings (SSSR count). The molecule has 2 nitrogen and oxygen atoms in total. The first kappa shape index (κ1) is 16.4. The SMILES string of the molecule is COc1ccc(C)cc1CC(N)C1CCC(C(C)C)CC1. The molecular formula is C19H31NO. The van der Waals surface area contributed by atoms with E-state index in [2.05, 4.69) is 39.0 Å². The van der Waals surface area contributed by atoms with Crippen LogP contribution in [0.1, 0.15) is 50.7 Å². The Labute approximate surface area is 130 Å². The van der Waals surface area contributed by atoms with E-state index in [1.807, 2.05) is 0 Å². The van der Waals surface area contributed by atoms with E-state index in [0.717, 1.165) is 24.0 Å². The zero-order chi connectivity index (χ0) is 15.4. The Morgan fingerprint density at radius 1 is 1.14 bits per heavy atom. The standard InChI is InChI=1S/C19H31NO/c1-13(2)15-6-8-16(9-7-15)18(20)12-17-11-14(3)5-10-19(17)21-4/h5,10-11,13,15-16,18H,6-9,12,20H2,1-4H3. The third-order valence-electron chi connectivity index (χ3n) is 5.26. The summed E-state index contributed by atoms with van der Waals surface area (Å²) >= 11 is 0. The molecule has 0 aliphatic heterocycles. The maximum absolute atomic E-state index is 6.52. The molecule has 0 heterocycles. The first-order chi connectivity index (χ1) is 10.0. The lowest BCUT2D eigenvalue weighted by atomic mass is 9.74. The predicted molar refractivity (Wildman–Crippen MR) is 89.7 cm³/mol. The minimum atomic E-state index is 0.258. The van der Waals surface area contributed by atoms with Gasteiger partial charge in [0.25, 0.3) is 0 Å². The molecule has 0 saturated heterocycles. The summed E-state index contributed by atoms with van der Waals surface area (Å²) in [6.07, 6.45) is 6.21. The minimum absolute atomic E-state index is 0.258. The second kappa shape index (κ2) is 7.31. The molecule has 1 saturated carbocycles. The molecule has 118 valence electrons. The molecule has 1 atom stereocenters. The van der Waals surface area contributed by atoms with E-state index in [1.54, 1.807) is 7.11 Å². The summed E-state index contributed by atoms with van der Waals surface area (Å²) in [7, 11) is 1.74. The summed E-state index contributed by atoms with van der Waals surface area (Å²) in [5.74, 6) is 3.37.